The van der Waals surface area contributed by atoms with Gasteiger partial charge in [0.05, 0.1) is 11.7 Å². The zero-order chi connectivity index (χ0) is 17.9. The molecule has 0 aromatic heterocycles. The molecule has 0 bridgehead atoms. The summed E-state index contributed by atoms with van der Waals surface area (Å²) < 4.78 is 0. The number of allylic oxidation sites excluding steroid dienone is 2. The monoisotopic (exact) mass is 425 g/mol. The normalized spacial score (nSPS) is 48.5. The number of fused-ring (bicyclic) bond motifs is 5. The van der Waals surface area contributed by atoms with Crippen LogP contribution in [-0.2, 0) is 0 Å². The Hall–Kier alpha value is 0.695. The van der Waals surface area contributed by atoms with Gasteiger partial charge in [0.15, 0.2) is 0 Å². The first kappa shape index (κ1) is 21.4. The van der Waals surface area contributed by atoms with Crippen molar-refractivity contribution in [2.45, 2.75) is 70.8 Å². The molecule has 0 spiro atoms. The molecular weight excluding hydrogens is 396 g/mol. The second kappa shape index (κ2) is 7.50. The molecule has 0 aromatic rings. The van der Waals surface area contributed by atoms with Crippen LogP contribution >= 0.6 is 0 Å². The van der Waals surface area contributed by atoms with Crippen LogP contribution in [0, 0.1) is 39.9 Å². The minimum Gasteiger partial charge on any atom is -0.854 e. The molecule has 4 aliphatic rings. The molecule has 0 amide bonds. The molecule has 0 unspecified atom stereocenters. The van der Waals surface area contributed by atoms with Crippen molar-refractivity contribution < 1.29 is 68.4 Å². The van der Waals surface area contributed by atoms with Gasteiger partial charge >= 0.3 is 58.2 Å². The summed E-state index contributed by atoms with van der Waals surface area (Å²) in [5.41, 5.74) is 1.83. The van der Waals surface area contributed by atoms with Crippen molar-refractivity contribution >= 4 is 0 Å². The third-order valence-electron chi connectivity index (χ3n) is 8.44. The Labute approximate surface area is 206 Å². The van der Waals surface area contributed by atoms with Crippen LogP contribution in [0.3, 0.4) is 0 Å². The first-order valence-corrected chi connectivity index (χ1v) is 9.98. The standard InChI is InChI=1S/C22H30NO2.Rb/c1-20(25)10-11-22(14-24)16(13-20)3-5-17-18-6-4-15(8-12-23)21(18,2)9-7-19(17)22;/h8,13,17-19,25H,3-7,9-11,14H2,1-2H3;/q-1;+1/b15-8-;/t17-,18-,19-,20+,21+,22+;/m0./s1. The fourth-order valence-electron chi connectivity index (χ4n) is 7.11. The van der Waals surface area contributed by atoms with E-state index in [1.807, 2.05) is 13.0 Å². The summed E-state index contributed by atoms with van der Waals surface area (Å²) in [6.45, 7) is 4.22. The van der Waals surface area contributed by atoms with Crippen molar-refractivity contribution in [1.29, 1.82) is 5.26 Å². The molecule has 0 aliphatic heterocycles. The van der Waals surface area contributed by atoms with Gasteiger partial charge in [-0.05, 0) is 86.9 Å². The smallest absolute Gasteiger partial charge is 0.854 e. The van der Waals surface area contributed by atoms with Gasteiger partial charge < -0.3 is 10.2 Å². The van der Waals surface area contributed by atoms with Crippen LogP contribution in [0.25, 0.3) is 0 Å². The molecule has 4 aliphatic carbocycles. The van der Waals surface area contributed by atoms with Gasteiger partial charge in [0, 0.05) is 6.08 Å². The van der Waals surface area contributed by atoms with Crippen molar-refractivity contribution in [3.63, 3.8) is 0 Å². The van der Waals surface area contributed by atoms with Gasteiger partial charge in [-0.2, -0.15) is 5.26 Å². The van der Waals surface area contributed by atoms with E-state index in [9.17, 15) is 10.2 Å². The maximum atomic E-state index is 12.5. The number of hydrogen-bond acceptors (Lipinski definition) is 3. The number of nitrogens with zero attached hydrogens (tertiary/aromatic N) is 1. The maximum absolute atomic E-state index is 12.5. The van der Waals surface area contributed by atoms with Crippen molar-refractivity contribution in [3.8, 4) is 6.07 Å². The molecule has 3 nitrogen and oxygen atoms in total. The maximum Gasteiger partial charge on any atom is 1.00 e. The van der Waals surface area contributed by atoms with E-state index >= 15 is 0 Å². The van der Waals surface area contributed by atoms with Crippen LogP contribution in [0.1, 0.15) is 65.2 Å². The van der Waals surface area contributed by atoms with E-state index in [-0.39, 0.29) is 75.6 Å². The van der Waals surface area contributed by atoms with Crippen LogP contribution in [-0.4, -0.2) is 17.3 Å². The van der Waals surface area contributed by atoms with Gasteiger partial charge in [-0.15, -0.1) is 6.61 Å². The number of hydrogen-bond donors (Lipinski definition) is 1. The van der Waals surface area contributed by atoms with E-state index in [1.165, 1.54) is 17.6 Å². The molecule has 0 radical (unpaired) electrons. The predicted molar refractivity (Wildman–Crippen MR) is 95.2 cm³/mol. The van der Waals surface area contributed by atoms with Crippen LogP contribution in [0.4, 0.5) is 0 Å². The number of rotatable bonds is 1. The minimum atomic E-state index is -0.736. The summed E-state index contributed by atoms with van der Waals surface area (Å²) in [6.07, 6.45) is 12.0. The van der Waals surface area contributed by atoms with Crippen LogP contribution in [0.5, 0.6) is 0 Å². The molecule has 0 saturated heterocycles. The van der Waals surface area contributed by atoms with Crippen molar-refractivity contribution in [2.24, 2.45) is 28.6 Å². The Bertz CT molecular complexity index is 676. The fourth-order valence-corrected chi connectivity index (χ4v) is 7.11. The molecule has 4 heteroatoms. The summed E-state index contributed by atoms with van der Waals surface area (Å²) in [4.78, 5) is 0. The second-order valence-corrected chi connectivity index (χ2v) is 9.54. The van der Waals surface area contributed by atoms with Gasteiger partial charge in [-0.1, -0.05) is 24.1 Å². The summed E-state index contributed by atoms with van der Waals surface area (Å²) in [6, 6.07) is 2.26. The molecule has 1 N–H and O–H groups in total. The summed E-state index contributed by atoms with van der Waals surface area (Å²) in [5.74, 6) is 1.70. The Morgan fingerprint density at radius 2 is 1.96 bits per heavy atom. The molecule has 26 heavy (non-hydrogen) atoms. The van der Waals surface area contributed by atoms with Gasteiger partial charge in [-0.25, -0.2) is 0 Å². The van der Waals surface area contributed by atoms with Gasteiger partial charge in [0.1, 0.15) is 0 Å². The average molecular weight is 426 g/mol. The summed E-state index contributed by atoms with van der Waals surface area (Å²) in [7, 11) is 0. The Kier molecular flexibility index (Phi) is 6.18. The zero-order valence-electron chi connectivity index (χ0n) is 16.6. The van der Waals surface area contributed by atoms with Gasteiger partial charge in [-0.3, -0.25) is 0 Å². The largest absolute Gasteiger partial charge is 1.00 e. The number of nitriles is 1. The van der Waals surface area contributed by atoms with E-state index < -0.39 is 5.60 Å². The molecule has 0 aromatic carbocycles. The van der Waals surface area contributed by atoms with E-state index in [0.29, 0.717) is 24.2 Å². The van der Waals surface area contributed by atoms with Crippen molar-refractivity contribution in [1.82, 2.24) is 0 Å². The molecule has 136 valence electrons. The summed E-state index contributed by atoms with van der Waals surface area (Å²) >= 11 is 0. The quantitative estimate of drug-likeness (QED) is 0.491. The Morgan fingerprint density at radius 3 is 2.65 bits per heavy atom. The number of aliphatic hydroxyl groups is 1. The molecule has 3 saturated carbocycles. The minimum absolute atomic E-state index is 0. The molecule has 3 fully saturated rings. The second-order valence-electron chi connectivity index (χ2n) is 9.54. The third-order valence-corrected chi connectivity index (χ3v) is 8.44. The van der Waals surface area contributed by atoms with E-state index in [2.05, 4.69) is 13.0 Å². The van der Waals surface area contributed by atoms with Crippen LogP contribution < -0.4 is 63.3 Å². The van der Waals surface area contributed by atoms with Crippen molar-refractivity contribution in [2.75, 3.05) is 6.61 Å². The topological polar surface area (TPSA) is 67.1 Å². The average Bonchev–Trinajstić information content (AvgIpc) is 2.91. The first-order valence-electron chi connectivity index (χ1n) is 9.98. The third kappa shape index (κ3) is 3.12. The fraction of sp³-hybridized carbons (Fsp3) is 0.773. The van der Waals surface area contributed by atoms with E-state index in [0.717, 1.165) is 38.5 Å². The van der Waals surface area contributed by atoms with Crippen molar-refractivity contribution in [3.05, 3.63) is 23.3 Å². The molecular formula is C22H30NO2Rb. The molecule has 4 rings (SSSR count). The summed E-state index contributed by atoms with van der Waals surface area (Å²) in [5, 5.41) is 32.1. The van der Waals surface area contributed by atoms with Gasteiger partial charge in [0.2, 0.25) is 0 Å². The van der Waals surface area contributed by atoms with Crippen LogP contribution in [0.2, 0.25) is 0 Å². The first-order chi connectivity index (χ1) is 11.9. The van der Waals surface area contributed by atoms with Crippen LogP contribution in [0.15, 0.2) is 23.3 Å². The van der Waals surface area contributed by atoms with E-state index in [4.69, 9.17) is 5.26 Å². The van der Waals surface area contributed by atoms with Gasteiger partial charge in [0.25, 0.3) is 0 Å². The Balaban J connectivity index is 0.00000196. The predicted octanol–water partition coefficient (Wildman–Crippen LogP) is 0.495. The Morgan fingerprint density at radius 1 is 1.19 bits per heavy atom. The van der Waals surface area contributed by atoms with E-state index in [1.54, 1.807) is 6.08 Å². The zero-order valence-corrected chi connectivity index (χ0v) is 21.5. The molecule has 0 heterocycles. The SMILES string of the molecule is C[C@]1(O)C=C2CC[C@@H]3[C@H](CC[C@]4(C)/C(=C\C#N)CC[C@@H]34)[C@@]2(C[O-])CC1.[Rb+]. The molecule has 6 atom stereocenters.